The number of carbonyl (C=O) groups excluding carboxylic acids is 1. The summed E-state index contributed by atoms with van der Waals surface area (Å²) in [7, 11) is 0. The van der Waals surface area contributed by atoms with Crippen LogP contribution >= 0.6 is 23.4 Å². The lowest BCUT2D eigenvalue weighted by Crippen LogP contribution is -2.21. The molecule has 170 valence electrons. The van der Waals surface area contributed by atoms with Gasteiger partial charge in [0, 0.05) is 28.9 Å². The Morgan fingerprint density at radius 1 is 1.18 bits per heavy atom. The molecule has 11 heteroatoms. The molecule has 8 nitrogen and oxygen atoms in total. The lowest BCUT2D eigenvalue weighted by molar-refractivity contribution is 0.262. The average molecular weight is 487 g/mol. The number of anilines is 2. The van der Waals surface area contributed by atoms with Crippen molar-refractivity contribution in [1.82, 2.24) is 19.2 Å². The summed E-state index contributed by atoms with van der Waals surface area (Å²) in [5.41, 5.74) is 1.35. The van der Waals surface area contributed by atoms with Crippen molar-refractivity contribution in [2.75, 3.05) is 10.6 Å². The van der Waals surface area contributed by atoms with Crippen molar-refractivity contribution < 1.29 is 9.18 Å². The monoisotopic (exact) mass is 486 g/mol. The number of para-hydroxylation sites is 1. The van der Waals surface area contributed by atoms with E-state index in [4.69, 9.17) is 11.6 Å². The van der Waals surface area contributed by atoms with E-state index >= 15 is 0 Å². The summed E-state index contributed by atoms with van der Waals surface area (Å²) in [4.78, 5) is 34.5. The minimum absolute atomic E-state index is 0.0799. The van der Waals surface area contributed by atoms with Crippen LogP contribution in [0.5, 0.6) is 0 Å². The van der Waals surface area contributed by atoms with E-state index in [2.05, 4.69) is 20.6 Å². The van der Waals surface area contributed by atoms with E-state index in [1.807, 2.05) is 19.1 Å². The Morgan fingerprint density at radius 2 is 2.00 bits per heavy atom. The zero-order chi connectivity index (χ0) is 23.4. The third-order valence-corrected chi connectivity index (χ3v) is 6.03. The van der Waals surface area contributed by atoms with E-state index in [0.29, 0.717) is 35.1 Å². The smallest absolute Gasteiger partial charge is 0.308 e. The van der Waals surface area contributed by atoms with Crippen LogP contribution in [0.25, 0.3) is 5.78 Å². The second-order valence-electron chi connectivity index (χ2n) is 7.10. The molecule has 0 radical (unpaired) electrons. The van der Waals surface area contributed by atoms with Crippen LogP contribution in [0.1, 0.15) is 19.0 Å². The second kappa shape index (κ2) is 10.1. The van der Waals surface area contributed by atoms with Crippen molar-refractivity contribution in [2.45, 2.75) is 30.5 Å². The fourth-order valence-corrected chi connectivity index (χ4v) is 4.25. The maximum atomic E-state index is 13.3. The molecule has 0 fully saturated rings. The first-order valence-corrected chi connectivity index (χ1v) is 11.5. The highest BCUT2D eigenvalue weighted by molar-refractivity contribution is 7.98. The van der Waals surface area contributed by atoms with Crippen molar-refractivity contribution in [3.05, 3.63) is 81.7 Å². The maximum absolute atomic E-state index is 13.3. The number of halogens is 2. The summed E-state index contributed by atoms with van der Waals surface area (Å²) in [6.07, 6.45) is 2.48. The number of aromatic nitrogens is 4. The molecule has 0 spiro atoms. The minimum atomic E-state index is -0.562. The number of thioether (sulfide) groups is 1. The van der Waals surface area contributed by atoms with Gasteiger partial charge in [0.15, 0.2) is 0 Å². The number of nitrogens with zero attached hydrogens (tertiary/aromatic N) is 4. The standard InChI is InChI=1S/C22H20ClFN6O2S/c1-2-9-29-13-25-21-26-15(11-20(31)30(21)29)12-33-19-6-4-3-5-18(19)28-22(32)27-14-7-8-17(24)16(23)10-14/h3-8,10-11,13H,2,9,12H2,1H3,(H2,27,28,32). The summed E-state index contributed by atoms with van der Waals surface area (Å²) in [6, 6.07) is 12.2. The normalized spacial score (nSPS) is 11.0. The van der Waals surface area contributed by atoms with Gasteiger partial charge < -0.3 is 10.6 Å². The molecule has 0 atom stereocenters. The lowest BCUT2D eigenvalue weighted by Gasteiger charge is -2.12. The molecule has 2 amide bonds. The molecule has 0 saturated heterocycles. The summed E-state index contributed by atoms with van der Waals surface area (Å²) >= 11 is 7.19. The molecule has 0 saturated carbocycles. The van der Waals surface area contributed by atoms with Gasteiger partial charge in [0.25, 0.3) is 11.3 Å². The Kier molecular flexibility index (Phi) is 6.95. The highest BCUT2D eigenvalue weighted by Gasteiger charge is 2.11. The van der Waals surface area contributed by atoms with E-state index in [1.165, 1.54) is 40.5 Å². The molecule has 0 aliphatic carbocycles. The fraction of sp³-hybridized carbons (Fsp3) is 0.182. The highest BCUT2D eigenvalue weighted by Crippen LogP contribution is 2.29. The molecule has 33 heavy (non-hydrogen) atoms. The van der Waals surface area contributed by atoms with Gasteiger partial charge in [-0.15, -0.1) is 11.8 Å². The number of benzene rings is 2. The maximum Gasteiger partial charge on any atom is 0.323 e. The number of rotatable bonds is 7. The summed E-state index contributed by atoms with van der Waals surface area (Å²) in [5.74, 6) is 0.212. The van der Waals surface area contributed by atoms with Gasteiger partial charge in [0.1, 0.15) is 12.1 Å². The van der Waals surface area contributed by atoms with Gasteiger partial charge in [0.2, 0.25) is 0 Å². The van der Waals surface area contributed by atoms with Gasteiger partial charge >= 0.3 is 6.03 Å². The molecule has 2 aromatic carbocycles. The number of aryl methyl sites for hydroxylation is 1. The predicted octanol–water partition coefficient (Wildman–Crippen LogP) is 5.03. The lowest BCUT2D eigenvalue weighted by atomic mass is 10.3. The van der Waals surface area contributed by atoms with Crippen LogP contribution in [0.2, 0.25) is 5.02 Å². The molecular weight excluding hydrogens is 467 g/mol. The number of hydrogen-bond donors (Lipinski definition) is 2. The molecule has 0 aliphatic heterocycles. The Hall–Kier alpha value is -3.37. The topological polar surface area (TPSA) is 93.3 Å². The fourth-order valence-electron chi connectivity index (χ4n) is 3.17. The Labute approximate surface area is 197 Å². The molecule has 0 unspecified atom stereocenters. The van der Waals surface area contributed by atoms with Crippen LogP contribution in [0.4, 0.5) is 20.6 Å². The molecular formula is C22H20ClFN6O2S. The van der Waals surface area contributed by atoms with E-state index in [-0.39, 0.29) is 10.6 Å². The van der Waals surface area contributed by atoms with E-state index in [1.54, 1.807) is 23.1 Å². The molecule has 4 rings (SSSR count). The molecule has 2 aromatic heterocycles. The number of carbonyl (C=O) groups is 1. The van der Waals surface area contributed by atoms with Gasteiger partial charge in [-0.1, -0.05) is 30.7 Å². The predicted molar refractivity (Wildman–Crippen MR) is 128 cm³/mol. The van der Waals surface area contributed by atoms with Gasteiger partial charge in [-0.25, -0.2) is 14.2 Å². The van der Waals surface area contributed by atoms with Crippen molar-refractivity contribution >= 4 is 46.5 Å². The molecule has 0 bridgehead atoms. The number of urea groups is 1. The van der Waals surface area contributed by atoms with E-state index in [9.17, 15) is 14.0 Å². The van der Waals surface area contributed by atoms with Crippen LogP contribution in [0, 0.1) is 5.82 Å². The van der Waals surface area contributed by atoms with Gasteiger partial charge in [-0.05, 0) is 36.8 Å². The number of amides is 2. The average Bonchev–Trinajstić information content (AvgIpc) is 3.19. The molecule has 2 N–H and O–H groups in total. The van der Waals surface area contributed by atoms with Crippen molar-refractivity contribution in [3.8, 4) is 0 Å². The van der Waals surface area contributed by atoms with Crippen LogP contribution in [-0.4, -0.2) is 25.2 Å². The third kappa shape index (κ3) is 5.35. The van der Waals surface area contributed by atoms with Crippen LogP contribution in [0.3, 0.4) is 0 Å². The second-order valence-corrected chi connectivity index (χ2v) is 8.52. The quantitative estimate of drug-likeness (QED) is 0.357. The SMILES string of the molecule is CCCn1cnc2nc(CSc3ccccc3NC(=O)Nc3ccc(F)c(Cl)c3)cc(=O)n21. The summed E-state index contributed by atoms with van der Waals surface area (Å²) < 4.78 is 16.5. The summed E-state index contributed by atoms with van der Waals surface area (Å²) in [5, 5.41) is 5.32. The van der Waals surface area contributed by atoms with Crippen LogP contribution in [0.15, 0.2) is 64.5 Å². The van der Waals surface area contributed by atoms with Gasteiger partial charge in [0.05, 0.1) is 16.4 Å². The molecule has 0 aliphatic rings. The van der Waals surface area contributed by atoms with E-state index < -0.39 is 11.8 Å². The van der Waals surface area contributed by atoms with Crippen molar-refractivity contribution in [3.63, 3.8) is 0 Å². The Balaban J connectivity index is 1.46. The van der Waals surface area contributed by atoms with Crippen molar-refractivity contribution in [1.29, 1.82) is 0 Å². The number of fused-ring (bicyclic) bond motifs is 1. The highest BCUT2D eigenvalue weighted by atomic mass is 35.5. The van der Waals surface area contributed by atoms with E-state index in [0.717, 1.165) is 11.3 Å². The van der Waals surface area contributed by atoms with Crippen LogP contribution < -0.4 is 16.2 Å². The van der Waals surface area contributed by atoms with Gasteiger partial charge in [-0.2, -0.15) is 9.50 Å². The molecule has 2 heterocycles. The van der Waals surface area contributed by atoms with Gasteiger partial charge in [-0.3, -0.25) is 9.48 Å². The summed E-state index contributed by atoms with van der Waals surface area (Å²) in [6.45, 7) is 2.70. The Morgan fingerprint density at radius 3 is 2.79 bits per heavy atom. The third-order valence-electron chi connectivity index (χ3n) is 4.64. The number of nitrogens with one attached hydrogen (secondary N) is 2. The first-order valence-electron chi connectivity index (χ1n) is 10.1. The molecule has 4 aromatic rings. The largest absolute Gasteiger partial charge is 0.323 e. The zero-order valence-electron chi connectivity index (χ0n) is 17.6. The van der Waals surface area contributed by atoms with Crippen molar-refractivity contribution in [2.24, 2.45) is 0 Å². The van der Waals surface area contributed by atoms with Crippen LogP contribution in [-0.2, 0) is 12.3 Å². The Bertz CT molecular complexity index is 1370. The first kappa shape index (κ1) is 22.8. The zero-order valence-corrected chi connectivity index (χ0v) is 19.2. The number of hydrogen-bond acceptors (Lipinski definition) is 5. The minimum Gasteiger partial charge on any atom is -0.308 e. The first-order chi connectivity index (χ1) is 15.9.